The Labute approximate surface area is 156 Å². The maximum atomic E-state index is 12.3. The van der Waals surface area contributed by atoms with Gasteiger partial charge in [0.15, 0.2) is 0 Å². The van der Waals surface area contributed by atoms with Crippen LogP contribution >= 0.6 is 0 Å². The molecule has 0 bridgehead atoms. The number of nitrogens with one attached hydrogen (secondary N) is 2. The van der Waals surface area contributed by atoms with Gasteiger partial charge in [-0.25, -0.2) is 0 Å². The number of H-pyrrole nitrogens is 1. The first-order valence-electron chi connectivity index (χ1n) is 9.18. The summed E-state index contributed by atoms with van der Waals surface area (Å²) in [4.78, 5) is 30.3. The maximum Gasteiger partial charge on any atom is 0.251 e. The Morgan fingerprint density at radius 3 is 2.81 bits per heavy atom. The van der Waals surface area contributed by atoms with Crippen LogP contribution in [0.3, 0.4) is 0 Å². The smallest absolute Gasteiger partial charge is 0.251 e. The fourth-order valence-electron chi connectivity index (χ4n) is 3.55. The molecule has 0 unspecified atom stereocenters. The van der Waals surface area contributed by atoms with Crippen LogP contribution in [0.5, 0.6) is 5.75 Å². The zero-order chi connectivity index (χ0) is 18.6. The number of nitrogens with zero attached hydrogens (tertiary/aromatic N) is 1. The minimum Gasteiger partial charge on any atom is -0.490 e. The van der Waals surface area contributed by atoms with Crippen LogP contribution in [0.1, 0.15) is 36.0 Å². The number of fused-ring (bicyclic) bond motifs is 1. The van der Waals surface area contributed by atoms with Crippen LogP contribution in [0.4, 0.5) is 0 Å². The molecule has 1 aliphatic rings. The highest BCUT2D eigenvalue weighted by atomic mass is 16.5. The third kappa shape index (κ3) is 4.00. The molecule has 2 heterocycles. The molecule has 4 rings (SSSR count). The topological polar surface area (TPSA) is 84.1 Å². The van der Waals surface area contributed by atoms with Crippen molar-refractivity contribution in [1.29, 1.82) is 0 Å². The number of amides is 1. The lowest BCUT2D eigenvalue weighted by molar-refractivity contribution is 0.0895. The van der Waals surface area contributed by atoms with Gasteiger partial charge in [-0.05, 0) is 43.9 Å². The van der Waals surface area contributed by atoms with E-state index in [0.717, 1.165) is 42.2 Å². The highest BCUT2D eigenvalue weighted by molar-refractivity contribution is 5.94. The number of ether oxygens (including phenoxy) is 1. The average Bonchev–Trinajstić information content (AvgIpc) is 2.70. The second-order valence-electron chi connectivity index (χ2n) is 6.86. The number of pyridine rings is 2. The Morgan fingerprint density at radius 1 is 1.15 bits per heavy atom. The quantitative estimate of drug-likeness (QED) is 0.746. The van der Waals surface area contributed by atoms with Crippen LogP contribution in [0.2, 0.25) is 0 Å². The summed E-state index contributed by atoms with van der Waals surface area (Å²) in [7, 11) is 0. The molecule has 0 saturated heterocycles. The van der Waals surface area contributed by atoms with Gasteiger partial charge in [0, 0.05) is 47.0 Å². The predicted molar refractivity (Wildman–Crippen MR) is 103 cm³/mol. The fourth-order valence-corrected chi connectivity index (χ4v) is 3.55. The van der Waals surface area contributed by atoms with Crippen molar-refractivity contribution in [3.8, 4) is 5.75 Å². The van der Waals surface area contributed by atoms with E-state index in [1.165, 1.54) is 12.3 Å². The molecule has 6 nitrogen and oxygen atoms in total. The van der Waals surface area contributed by atoms with Gasteiger partial charge in [-0.15, -0.1) is 0 Å². The molecule has 2 aromatic heterocycles. The monoisotopic (exact) mass is 363 g/mol. The molecule has 6 heteroatoms. The van der Waals surface area contributed by atoms with E-state index in [4.69, 9.17) is 4.74 Å². The van der Waals surface area contributed by atoms with Crippen molar-refractivity contribution in [3.63, 3.8) is 0 Å². The normalized spacial score (nSPS) is 19.6. The number of carbonyl (C=O) groups excluding carboxylic acids is 1. The summed E-state index contributed by atoms with van der Waals surface area (Å²) in [5.74, 6) is 0.679. The molecule has 1 aliphatic carbocycles. The number of hydrogen-bond acceptors (Lipinski definition) is 4. The van der Waals surface area contributed by atoms with Crippen molar-refractivity contribution in [1.82, 2.24) is 15.3 Å². The Balaban J connectivity index is 1.35. The van der Waals surface area contributed by atoms with Gasteiger partial charge >= 0.3 is 0 Å². The molecule has 3 aromatic rings. The lowest BCUT2D eigenvalue weighted by atomic mass is 9.92. The molecular weight excluding hydrogens is 342 g/mol. The first-order valence-corrected chi connectivity index (χ1v) is 9.18. The van der Waals surface area contributed by atoms with E-state index in [-0.39, 0.29) is 23.6 Å². The number of rotatable bonds is 4. The lowest BCUT2D eigenvalue weighted by Gasteiger charge is -2.29. The van der Waals surface area contributed by atoms with Crippen molar-refractivity contribution < 1.29 is 9.53 Å². The summed E-state index contributed by atoms with van der Waals surface area (Å²) in [5, 5.41) is 5.15. The Bertz CT molecular complexity index is 1000. The third-order valence-electron chi connectivity index (χ3n) is 4.98. The fraction of sp³-hybridized carbons (Fsp3) is 0.286. The average molecular weight is 363 g/mol. The van der Waals surface area contributed by atoms with Gasteiger partial charge in [0.1, 0.15) is 5.75 Å². The van der Waals surface area contributed by atoms with Crippen LogP contribution in [0.25, 0.3) is 10.8 Å². The van der Waals surface area contributed by atoms with Crippen LogP contribution < -0.4 is 15.6 Å². The maximum absolute atomic E-state index is 12.3. The molecule has 1 fully saturated rings. The van der Waals surface area contributed by atoms with E-state index < -0.39 is 0 Å². The van der Waals surface area contributed by atoms with Gasteiger partial charge in [-0.1, -0.05) is 12.1 Å². The molecule has 1 aromatic carbocycles. The number of benzene rings is 1. The second-order valence-corrected chi connectivity index (χ2v) is 6.86. The van der Waals surface area contributed by atoms with Crippen LogP contribution in [0, 0.1) is 0 Å². The Morgan fingerprint density at radius 2 is 2.00 bits per heavy atom. The Kier molecular flexibility index (Phi) is 4.87. The summed E-state index contributed by atoms with van der Waals surface area (Å²) in [5.41, 5.74) is 0.117. The summed E-state index contributed by atoms with van der Waals surface area (Å²) in [6.07, 6.45) is 8.69. The predicted octanol–water partition coefficient (Wildman–Crippen LogP) is 3.04. The van der Waals surface area contributed by atoms with Gasteiger partial charge < -0.3 is 15.0 Å². The molecule has 0 radical (unpaired) electrons. The Hall–Kier alpha value is -3.15. The van der Waals surface area contributed by atoms with Crippen molar-refractivity contribution in [3.05, 3.63) is 70.9 Å². The van der Waals surface area contributed by atoms with E-state index in [9.17, 15) is 9.59 Å². The molecule has 138 valence electrons. The van der Waals surface area contributed by atoms with Gasteiger partial charge in [0.2, 0.25) is 5.56 Å². The first-order chi connectivity index (χ1) is 13.2. The van der Waals surface area contributed by atoms with Gasteiger partial charge in [-0.3, -0.25) is 14.6 Å². The SMILES string of the molecule is O=C(NC1CCC(Oc2cccc3cnccc23)CC1)c1cc[nH]c(=O)c1. The van der Waals surface area contributed by atoms with Crippen LogP contribution in [-0.2, 0) is 0 Å². The standard InChI is InChI=1S/C21H21N3O3/c25-20-12-14(8-11-23-20)21(26)24-16-4-6-17(7-5-16)27-19-3-1-2-15-13-22-10-9-18(15)19/h1-3,8-13,16-17H,4-7H2,(H,23,25)(H,24,26). The highest BCUT2D eigenvalue weighted by Crippen LogP contribution is 2.29. The molecule has 0 spiro atoms. The number of hydrogen-bond donors (Lipinski definition) is 2. The van der Waals surface area contributed by atoms with E-state index in [1.54, 1.807) is 12.3 Å². The second kappa shape index (κ2) is 7.61. The molecule has 2 N–H and O–H groups in total. The van der Waals surface area contributed by atoms with Crippen molar-refractivity contribution in [2.45, 2.75) is 37.8 Å². The number of carbonyl (C=O) groups is 1. The summed E-state index contributed by atoms with van der Waals surface area (Å²) in [6.45, 7) is 0. The number of aromatic amines is 1. The molecule has 27 heavy (non-hydrogen) atoms. The third-order valence-corrected chi connectivity index (χ3v) is 4.98. The van der Waals surface area contributed by atoms with Gasteiger partial charge in [-0.2, -0.15) is 0 Å². The van der Waals surface area contributed by atoms with Crippen molar-refractivity contribution in [2.75, 3.05) is 0 Å². The van der Waals surface area contributed by atoms with Gasteiger partial charge in [0.05, 0.1) is 6.10 Å². The zero-order valence-electron chi connectivity index (χ0n) is 14.9. The molecule has 1 amide bonds. The van der Waals surface area contributed by atoms with E-state index in [1.807, 2.05) is 30.5 Å². The van der Waals surface area contributed by atoms with Crippen molar-refractivity contribution >= 4 is 16.7 Å². The minimum atomic E-state index is -0.273. The van der Waals surface area contributed by atoms with Crippen LogP contribution in [-0.4, -0.2) is 28.0 Å². The minimum absolute atomic E-state index is 0.105. The summed E-state index contributed by atoms with van der Waals surface area (Å²) >= 11 is 0. The van der Waals surface area contributed by atoms with Crippen molar-refractivity contribution in [2.24, 2.45) is 0 Å². The molecule has 1 saturated carbocycles. The summed E-state index contributed by atoms with van der Waals surface area (Å²) in [6, 6.07) is 11.0. The summed E-state index contributed by atoms with van der Waals surface area (Å²) < 4.78 is 6.24. The van der Waals surface area contributed by atoms with E-state index >= 15 is 0 Å². The van der Waals surface area contributed by atoms with Gasteiger partial charge in [0.25, 0.3) is 5.91 Å². The molecular formula is C21H21N3O3. The van der Waals surface area contributed by atoms with E-state index in [2.05, 4.69) is 15.3 Å². The lowest BCUT2D eigenvalue weighted by Crippen LogP contribution is -2.40. The van der Waals surface area contributed by atoms with E-state index in [0.29, 0.717) is 5.56 Å². The molecule has 0 aliphatic heterocycles. The van der Waals surface area contributed by atoms with Crippen LogP contribution in [0.15, 0.2) is 59.8 Å². The molecule has 0 atom stereocenters. The first kappa shape index (κ1) is 17.3. The largest absolute Gasteiger partial charge is 0.490 e. The zero-order valence-corrected chi connectivity index (χ0v) is 14.9. The number of aromatic nitrogens is 2. The highest BCUT2D eigenvalue weighted by Gasteiger charge is 2.24.